The van der Waals surface area contributed by atoms with Crippen LogP contribution in [-0.4, -0.2) is 34.6 Å². The molecule has 106 valence electrons. The third kappa shape index (κ3) is 3.89. The van der Waals surface area contributed by atoms with Crippen molar-refractivity contribution in [3.63, 3.8) is 0 Å². The van der Waals surface area contributed by atoms with E-state index in [0.717, 1.165) is 0 Å². The number of aliphatic carboxylic acids is 1. The Bertz CT molecular complexity index is 580. The fourth-order valence-corrected chi connectivity index (χ4v) is 1.75. The molecular formula is C14H15FN2O3. The van der Waals surface area contributed by atoms with Crippen molar-refractivity contribution in [2.45, 2.75) is 13.0 Å². The van der Waals surface area contributed by atoms with Crippen LogP contribution in [-0.2, 0) is 11.3 Å². The first-order valence-electron chi connectivity index (χ1n) is 6.15. The van der Waals surface area contributed by atoms with Gasteiger partial charge in [-0.2, -0.15) is 0 Å². The van der Waals surface area contributed by atoms with Gasteiger partial charge in [0.1, 0.15) is 12.1 Å². The Kier molecular flexibility index (Phi) is 4.47. The van der Waals surface area contributed by atoms with E-state index in [-0.39, 0.29) is 12.2 Å². The molecule has 2 aromatic rings. The zero-order valence-electron chi connectivity index (χ0n) is 11.0. The molecule has 0 saturated heterocycles. The van der Waals surface area contributed by atoms with Crippen LogP contribution in [0.15, 0.2) is 34.9 Å². The van der Waals surface area contributed by atoms with Crippen molar-refractivity contribution in [2.75, 3.05) is 13.6 Å². The fourth-order valence-electron chi connectivity index (χ4n) is 1.75. The van der Waals surface area contributed by atoms with Crippen LogP contribution >= 0.6 is 0 Å². The molecule has 1 aromatic heterocycles. The molecule has 2 rings (SSSR count). The lowest BCUT2D eigenvalue weighted by molar-refractivity contribution is -0.137. The quantitative estimate of drug-likeness (QED) is 0.878. The predicted molar refractivity (Wildman–Crippen MR) is 70.5 cm³/mol. The van der Waals surface area contributed by atoms with Crippen LogP contribution in [0.25, 0.3) is 11.5 Å². The summed E-state index contributed by atoms with van der Waals surface area (Å²) in [6.07, 6.45) is 1.61. The Labute approximate surface area is 115 Å². The van der Waals surface area contributed by atoms with E-state index in [2.05, 4.69) is 4.98 Å². The first-order chi connectivity index (χ1) is 9.54. The van der Waals surface area contributed by atoms with Crippen molar-refractivity contribution in [1.29, 1.82) is 0 Å². The minimum atomic E-state index is -0.830. The molecule has 0 bridgehead atoms. The summed E-state index contributed by atoms with van der Waals surface area (Å²) in [7, 11) is 1.81. The van der Waals surface area contributed by atoms with Crippen LogP contribution < -0.4 is 0 Å². The highest BCUT2D eigenvalue weighted by molar-refractivity contribution is 5.66. The van der Waals surface area contributed by atoms with Gasteiger partial charge in [0.2, 0.25) is 5.89 Å². The number of oxazole rings is 1. The molecule has 5 nitrogen and oxygen atoms in total. The second-order valence-corrected chi connectivity index (χ2v) is 4.53. The average molecular weight is 278 g/mol. The topological polar surface area (TPSA) is 66.6 Å². The molecule has 6 heteroatoms. The molecule has 0 radical (unpaired) electrons. The highest BCUT2D eigenvalue weighted by Crippen LogP contribution is 2.19. The van der Waals surface area contributed by atoms with Gasteiger partial charge in [0, 0.05) is 18.7 Å². The van der Waals surface area contributed by atoms with Gasteiger partial charge in [0.25, 0.3) is 0 Å². The summed E-state index contributed by atoms with van der Waals surface area (Å²) in [5.41, 5.74) is 1.41. The highest BCUT2D eigenvalue weighted by Gasteiger charge is 2.09. The first kappa shape index (κ1) is 14.2. The number of carbonyl (C=O) groups is 1. The summed E-state index contributed by atoms with van der Waals surface area (Å²) in [5, 5.41) is 8.61. The van der Waals surface area contributed by atoms with Crippen molar-refractivity contribution < 1.29 is 18.7 Å². The molecule has 0 saturated carbocycles. The van der Waals surface area contributed by atoms with Gasteiger partial charge in [0.15, 0.2) is 0 Å². The molecule has 1 aromatic carbocycles. The van der Waals surface area contributed by atoms with E-state index in [4.69, 9.17) is 9.52 Å². The zero-order chi connectivity index (χ0) is 14.5. The Morgan fingerprint density at radius 2 is 2.10 bits per heavy atom. The summed E-state index contributed by atoms with van der Waals surface area (Å²) in [6.45, 7) is 0.937. The number of hydrogen-bond acceptors (Lipinski definition) is 4. The maximum Gasteiger partial charge on any atom is 0.304 e. The molecule has 1 heterocycles. The second-order valence-electron chi connectivity index (χ2n) is 4.53. The van der Waals surface area contributed by atoms with Gasteiger partial charge in [-0.15, -0.1) is 0 Å². The van der Waals surface area contributed by atoms with Crippen molar-refractivity contribution in [1.82, 2.24) is 9.88 Å². The van der Waals surface area contributed by atoms with Gasteiger partial charge in [-0.3, -0.25) is 9.69 Å². The number of aromatic nitrogens is 1. The zero-order valence-corrected chi connectivity index (χ0v) is 11.0. The molecular weight excluding hydrogens is 263 g/mol. The van der Waals surface area contributed by atoms with E-state index in [9.17, 15) is 9.18 Å². The fraction of sp³-hybridized carbons (Fsp3) is 0.286. The molecule has 0 unspecified atom stereocenters. The normalized spacial score (nSPS) is 10.9. The third-order valence-electron chi connectivity index (χ3n) is 2.78. The average Bonchev–Trinajstić information content (AvgIpc) is 2.85. The van der Waals surface area contributed by atoms with Crippen LogP contribution in [0.3, 0.4) is 0 Å². The van der Waals surface area contributed by atoms with E-state index in [1.165, 1.54) is 18.4 Å². The van der Waals surface area contributed by atoms with Crippen LogP contribution in [0.2, 0.25) is 0 Å². The number of nitrogens with zero attached hydrogens (tertiary/aromatic N) is 2. The van der Waals surface area contributed by atoms with E-state index in [1.54, 1.807) is 12.1 Å². The lowest BCUT2D eigenvalue weighted by atomic mass is 10.2. The maximum atomic E-state index is 12.8. The van der Waals surface area contributed by atoms with E-state index in [1.807, 2.05) is 11.9 Å². The minimum Gasteiger partial charge on any atom is -0.481 e. The number of carboxylic acids is 1. The smallest absolute Gasteiger partial charge is 0.304 e. The minimum absolute atomic E-state index is 0.0825. The molecule has 0 atom stereocenters. The molecule has 20 heavy (non-hydrogen) atoms. The number of rotatable bonds is 6. The van der Waals surface area contributed by atoms with Crippen molar-refractivity contribution in [2.24, 2.45) is 0 Å². The third-order valence-corrected chi connectivity index (χ3v) is 2.78. The van der Waals surface area contributed by atoms with Crippen LogP contribution in [0.1, 0.15) is 12.1 Å². The number of halogens is 1. The van der Waals surface area contributed by atoms with Gasteiger partial charge in [-0.05, 0) is 31.3 Å². The molecule has 1 N–H and O–H groups in total. The molecule has 0 amide bonds. The van der Waals surface area contributed by atoms with Crippen molar-refractivity contribution in [3.05, 3.63) is 42.0 Å². The van der Waals surface area contributed by atoms with Gasteiger partial charge < -0.3 is 9.52 Å². The van der Waals surface area contributed by atoms with Crippen molar-refractivity contribution in [3.8, 4) is 11.5 Å². The standard InChI is InChI=1S/C14H15FN2O3/c1-17(7-6-13(18)19)8-12-9-20-14(16-12)10-2-4-11(15)5-3-10/h2-5,9H,6-8H2,1H3,(H,18,19). The summed E-state index contributed by atoms with van der Waals surface area (Å²) in [4.78, 5) is 16.6. The SMILES string of the molecule is CN(CCC(=O)O)Cc1coc(-c2ccc(F)cc2)n1. The highest BCUT2D eigenvalue weighted by atomic mass is 19.1. The Hall–Kier alpha value is -2.21. The lowest BCUT2D eigenvalue weighted by Crippen LogP contribution is -2.21. The summed E-state index contributed by atoms with van der Waals surface area (Å²) >= 11 is 0. The largest absolute Gasteiger partial charge is 0.481 e. The number of carboxylic acid groups (broad SMARTS) is 1. The molecule has 0 fully saturated rings. The van der Waals surface area contributed by atoms with Crippen LogP contribution in [0.5, 0.6) is 0 Å². The Morgan fingerprint density at radius 3 is 2.75 bits per heavy atom. The Balaban J connectivity index is 1.98. The predicted octanol–water partition coefficient (Wildman–Crippen LogP) is 2.39. The van der Waals surface area contributed by atoms with Crippen molar-refractivity contribution >= 4 is 5.97 Å². The first-order valence-corrected chi connectivity index (χ1v) is 6.15. The molecule has 0 aliphatic rings. The summed E-state index contributed by atoms with van der Waals surface area (Å²) in [6, 6.07) is 5.88. The lowest BCUT2D eigenvalue weighted by Gasteiger charge is -2.12. The summed E-state index contributed by atoms with van der Waals surface area (Å²) in [5.74, 6) is -0.718. The summed E-state index contributed by atoms with van der Waals surface area (Å²) < 4.78 is 18.2. The van der Waals surface area contributed by atoms with E-state index in [0.29, 0.717) is 30.2 Å². The van der Waals surface area contributed by atoms with Gasteiger partial charge in [-0.1, -0.05) is 0 Å². The number of benzene rings is 1. The second kappa shape index (κ2) is 6.29. The monoisotopic (exact) mass is 278 g/mol. The van der Waals surface area contributed by atoms with E-state index < -0.39 is 5.97 Å². The van der Waals surface area contributed by atoms with Crippen LogP contribution in [0, 0.1) is 5.82 Å². The number of hydrogen-bond donors (Lipinski definition) is 1. The van der Waals surface area contributed by atoms with Gasteiger partial charge >= 0.3 is 5.97 Å². The van der Waals surface area contributed by atoms with Gasteiger partial charge in [0.05, 0.1) is 12.1 Å². The maximum absolute atomic E-state index is 12.8. The molecule has 0 spiro atoms. The van der Waals surface area contributed by atoms with E-state index >= 15 is 0 Å². The molecule has 0 aliphatic heterocycles. The van der Waals surface area contributed by atoms with Crippen LogP contribution in [0.4, 0.5) is 4.39 Å². The van der Waals surface area contributed by atoms with Gasteiger partial charge in [-0.25, -0.2) is 9.37 Å². The Morgan fingerprint density at radius 1 is 1.40 bits per heavy atom. The molecule has 0 aliphatic carbocycles.